The van der Waals surface area contributed by atoms with Gasteiger partial charge < -0.3 is 15.4 Å². The first kappa shape index (κ1) is 13.3. The van der Waals surface area contributed by atoms with E-state index in [1.807, 2.05) is 13.1 Å². The number of methoxy groups -OCH3 is 1. The molecule has 0 spiro atoms. The third-order valence-electron chi connectivity index (χ3n) is 3.54. The van der Waals surface area contributed by atoms with E-state index in [1.54, 1.807) is 7.11 Å². The molecule has 2 rings (SSSR count). The summed E-state index contributed by atoms with van der Waals surface area (Å²) in [6.45, 7) is 4.95. The van der Waals surface area contributed by atoms with Crippen molar-refractivity contribution in [2.24, 2.45) is 11.7 Å². The zero-order valence-electron chi connectivity index (χ0n) is 11.3. The van der Waals surface area contributed by atoms with Crippen LogP contribution in [-0.2, 0) is 4.74 Å². The number of anilines is 1. The van der Waals surface area contributed by atoms with Gasteiger partial charge in [0.15, 0.2) is 0 Å². The lowest BCUT2D eigenvalue weighted by Crippen LogP contribution is -2.37. The first-order valence-corrected chi connectivity index (χ1v) is 6.66. The van der Waals surface area contributed by atoms with Gasteiger partial charge in [-0.3, -0.25) is 0 Å². The van der Waals surface area contributed by atoms with Gasteiger partial charge in [-0.05, 0) is 37.3 Å². The van der Waals surface area contributed by atoms with Crippen LogP contribution in [0.3, 0.4) is 0 Å². The lowest BCUT2D eigenvalue weighted by Gasteiger charge is -2.33. The zero-order chi connectivity index (χ0) is 13.0. The molecule has 4 heteroatoms. The van der Waals surface area contributed by atoms with Crippen molar-refractivity contribution in [2.45, 2.75) is 25.8 Å². The Morgan fingerprint density at radius 2 is 2.39 bits per heavy atom. The highest BCUT2D eigenvalue weighted by atomic mass is 16.5. The number of nitrogens with two attached hydrogens (primary N) is 1. The van der Waals surface area contributed by atoms with Crippen molar-refractivity contribution >= 4 is 5.82 Å². The fraction of sp³-hybridized carbons (Fsp3) is 0.643. The normalized spacial score (nSPS) is 21.9. The summed E-state index contributed by atoms with van der Waals surface area (Å²) >= 11 is 0. The van der Waals surface area contributed by atoms with Crippen LogP contribution in [0.1, 0.15) is 31.4 Å². The molecule has 1 fully saturated rings. The molecule has 0 radical (unpaired) electrons. The number of rotatable bonds is 4. The average molecular weight is 249 g/mol. The molecule has 0 aromatic carbocycles. The minimum atomic E-state index is 0.0501. The standard InChI is InChI=1S/C14H23N3O/c1-11(15)13-5-6-14(16-8-13)17-7-3-4-12(9-17)10-18-2/h5-6,8,11-12H,3-4,7,9-10,15H2,1-2H3. The van der Waals surface area contributed by atoms with Crippen molar-refractivity contribution in [1.82, 2.24) is 4.98 Å². The third-order valence-corrected chi connectivity index (χ3v) is 3.54. The predicted octanol–water partition coefficient (Wildman–Crippen LogP) is 1.96. The second-order valence-corrected chi connectivity index (χ2v) is 5.15. The van der Waals surface area contributed by atoms with Crippen molar-refractivity contribution in [1.29, 1.82) is 0 Å². The molecule has 1 aliphatic rings. The Kier molecular flexibility index (Phi) is 4.55. The summed E-state index contributed by atoms with van der Waals surface area (Å²) in [7, 11) is 1.77. The van der Waals surface area contributed by atoms with Gasteiger partial charge >= 0.3 is 0 Å². The summed E-state index contributed by atoms with van der Waals surface area (Å²) in [5.74, 6) is 1.68. The van der Waals surface area contributed by atoms with Crippen LogP contribution in [0, 0.1) is 5.92 Å². The van der Waals surface area contributed by atoms with E-state index in [0.717, 1.165) is 31.1 Å². The lowest BCUT2D eigenvalue weighted by molar-refractivity contribution is 0.143. The van der Waals surface area contributed by atoms with E-state index in [1.165, 1.54) is 12.8 Å². The summed E-state index contributed by atoms with van der Waals surface area (Å²) in [4.78, 5) is 6.87. The fourth-order valence-electron chi connectivity index (χ4n) is 2.50. The molecule has 1 saturated heterocycles. The van der Waals surface area contributed by atoms with Crippen LogP contribution in [0.4, 0.5) is 5.82 Å². The van der Waals surface area contributed by atoms with E-state index in [4.69, 9.17) is 10.5 Å². The van der Waals surface area contributed by atoms with Gasteiger partial charge in [0.25, 0.3) is 0 Å². The first-order valence-electron chi connectivity index (χ1n) is 6.66. The molecule has 0 aliphatic carbocycles. The molecule has 1 aromatic heterocycles. The van der Waals surface area contributed by atoms with Gasteiger partial charge in [0.1, 0.15) is 5.82 Å². The number of piperidine rings is 1. The SMILES string of the molecule is COCC1CCCN(c2ccc(C(C)N)cn2)C1. The number of hydrogen-bond acceptors (Lipinski definition) is 4. The summed E-state index contributed by atoms with van der Waals surface area (Å²) in [5.41, 5.74) is 6.92. The van der Waals surface area contributed by atoms with Crippen LogP contribution >= 0.6 is 0 Å². The highest BCUT2D eigenvalue weighted by Gasteiger charge is 2.20. The van der Waals surface area contributed by atoms with Gasteiger partial charge in [-0.1, -0.05) is 6.07 Å². The molecular formula is C14H23N3O. The fourth-order valence-corrected chi connectivity index (χ4v) is 2.50. The number of aromatic nitrogens is 1. The monoisotopic (exact) mass is 249 g/mol. The molecule has 2 heterocycles. The van der Waals surface area contributed by atoms with Gasteiger partial charge in [-0.2, -0.15) is 0 Å². The Bertz CT molecular complexity index is 362. The highest BCUT2D eigenvalue weighted by molar-refractivity contribution is 5.40. The van der Waals surface area contributed by atoms with E-state index >= 15 is 0 Å². The first-order chi connectivity index (χ1) is 8.70. The minimum Gasteiger partial charge on any atom is -0.384 e. The molecule has 2 unspecified atom stereocenters. The van der Waals surface area contributed by atoms with Crippen LogP contribution in [0.2, 0.25) is 0 Å². The molecule has 0 bridgehead atoms. The molecule has 1 aromatic rings. The molecule has 18 heavy (non-hydrogen) atoms. The molecular weight excluding hydrogens is 226 g/mol. The van der Waals surface area contributed by atoms with Crippen molar-refractivity contribution < 1.29 is 4.74 Å². The summed E-state index contributed by atoms with van der Waals surface area (Å²) in [5, 5.41) is 0. The van der Waals surface area contributed by atoms with Crippen molar-refractivity contribution in [3.63, 3.8) is 0 Å². The lowest BCUT2D eigenvalue weighted by atomic mass is 9.99. The van der Waals surface area contributed by atoms with E-state index in [0.29, 0.717) is 5.92 Å². The maximum Gasteiger partial charge on any atom is 0.128 e. The highest BCUT2D eigenvalue weighted by Crippen LogP contribution is 2.22. The van der Waals surface area contributed by atoms with Crippen LogP contribution in [-0.4, -0.2) is 31.8 Å². The second-order valence-electron chi connectivity index (χ2n) is 5.15. The summed E-state index contributed by atoms with van der Waals surface area (Å²) in [6.07, 6.45) is 4.35. The van der Waals surface area contributed by atoms with Gasteiger partial charge in [0.05, 0.1) is 6.61 Å². The zero-order valence-corrected chi connectivity index (χ0v) is 11.3. The molecule has 0 saturated carbocycles. The number of hydrogen-bond donors (Lipinski definition) is 1. The Balaban J connectivity index is 2.02. The smallest absolute Gasteiger partial charge is 0.128 e. The van der Waals surface area contributed by atoms with Crippen LogP contribution in [0.5, 0.6) is 0 Å². The maximum atomic E-state index is 5.83. The Labute approximate surface area is 109 Å². The second kappa shape index (κ2) is 6.16. The third kappa shape index (κ3) is 3.21. The Hall–Kier alpha value is -1.13. The van der Waals surface area contributed by atoms with Gasteiger partial charge in [0.2, 0.25) is 0 Å². The van der Waals surface area contributed by atoms with Gasteiger partial charge in [0, 0.05) is 32.4 Å². The minimum absolute atomic E-state index is 0.0501. The van der Waals surface area contributed by atoms with Crippen molar-refractivity contribution in [3.8, 4) is 0 Å². The molecule has 2 atom stereocenters. The van der Waals surface area contributed by atoms with E-state index in [2.05, 4.69) is 22.0 Å². The van der Waals surface area contributed by atoms with Crippen LogP contribution < -0.4 is 10.6 Å². The maximum absolute atomic E-state index is 5.83. The summed E-state index contributed by atoms with van der Waals surface area (Å²) < 4.78 is 5.25. The molecule has 4 nitrogen and oxygen atoms in total. The largest absolute Gasteiger partial charge is 0.384 e. The van der Waals surface area contributed by atoms with Gasteiger partial charge in [-0.25, -0.2) is 4.98 Å². The predicted molar refractivity (Wildman–Crippen MR) is 73.7 cm³/mol. The number of pyridine rings is 1. The quantitative estimate of drug-likeness (QED) is 0.886. The topological polar surface area (TPSA) is 51.4 Å². The van der Waals surface area contributed by atoms with Crippen LogP contribution in [0.25, 0.3) is 0 Å². The molecule has 0 amide bonds. The number of ether oxygens (including phenoxy) is 1. The Morgan fingerprint density at radius 1 is 1.56 bits per heavy atom. The summed E-state index contributed by atoms with van der Waals surface area (Å²) in [6, 6.07) is 4.20. The van der Waals surface area contributed by atoms with Gasteiger partial charge in [-0.15, -0.1) is 0 Å². The molecule has 1 aliphatic heterocycles. The van der Waals surface area contributed by atoms with Crippen molar-refractivity contribution in [2.75, 3.05) is 31.7 Å². The molecule has 100 valence electrons. The molecule has 2 N–H and O–H groups in total. The Morgan fingerprint density at radius 3 is 3.00 bits per heavy atom. The number of nitrogens with zero attached hydrogens (tertiary/aromatic N) is 2. The van der Waals surface area contributed by atoms with E-state index < -0.39 is 0 Å². The van der Waals surface area contributed by atoms with Crippen molar-refractivity contribution in [3.05, 3.63) is 23.9 Å². The van der Waals surface area contributed by atoms with Crippen LogP contribution in [0.15, 0.2) is 18.3 Å². The van der Waals surface area contributed by atoms with E-state index in [-0.39, 0.29) is 6.04 Å². The average Bonchev–Trinajstić information content (AvgIpc) is 2.39. The van der Waals surface area contributed by atoms with E-state index in [9.17, 15) is 0 Å².